The normalized spacial score (nSPS) is 15.1. The van der Waals surface area contributed by atoms with Crippen molar-refractivity contribution >= 4 is 47.4 Å². The molecule has 2 N–H and O–H groups in total. The van der Waals surface area contributed by atoms with Crippen LogP contribution in [0.4, 0.5) is 5.69 Å². The second-order valence-corrected chi connectivity index (χ2v) is 7.36. The molecule has 0 saturated carbocycles. The molecular weight excluding hydrogens is 363 g/mol. The summed E-state index contributed by atoms with van der Waals surface area (Å²) in [5.41, 5.74) is 0.841. The molecule has 0 spiro atoms. The fourth-order valence-corrected chi connectivity index (χ4v) is 3.41. The van der Waals surface area contributed by atoms with Gasteiger partial charge < -0.3 is 10.6 Å². The van der Waals surface area contributed by atoms with Crippen LogP contribution in [0.25, 0.3) is 0 Å². The third-order valence-electron chi connectivity index (χ3n) is 4.08. The van der Waals surface area contributed by atoms with Crippen LogP contribution in [-0.4, -0.2) is 19.0 Å². The summed E-state index contributed by atoms with van der Waals surface area (Å²) in [4.78, 5) is 14.5. The molecule has 1 heterocycles. The summed E-state index contributed by atoms with van der Waals surface area (Å²) in [5, 5.41) is 6.96. The first-order valence-corrected chi connectivity index (χ1v) is 8.86. The summed E-state index contributed by atoms with van der Waals surface area (Å²) in [7, 11) is 0. The van der Waals surface area contributed by atoms with E-state index in [2.05, 4.69) is 10.6 Å². The van der Waals surface area contributed by atoms with Gasteiger partial charge in [-0.15, -0.1) is 12.4 Å². The maximum absolute atomic E-state index is 12.3. The number of anilines is 1. The molecular formula is C18H20Cl2N2OS. The van der Waals surface area contributed by atoms with Crippen molar-refractivity contribution in [2.24, 2.45) is 11.8 Å². The fourth-order valence-electron chi connectivity index (χ4n) is 2.41. The predicted molar refractivity (Wildman–Crippen MR) is 103 cm³/mol. The van der Waals surface area contributed by atoms with Crippen molar-refractivity contribution in [2.75, 3.05) is 18.4 Å². The summed E-state index contributed by atoms with van der Waals surface area (Å²) in [6.07, 6.45) is 0. The van der Waals surface area contributed by atoms with E-state index in [1.807, 2.05) is 55.5 Å². The lowest BCUT2D eigenvalue weighted by molar-refractivity contribution is -0.121. The lowest BCUT2D eigenvalue weighted by Crippen LogP contribution is -2.48. The third kappa shape index (κ3) is 4.90. The zero-order valence-electron chi connectivity index (χ0n) is 13.3. The van der Waals surface area contributed by atoms with Gasteiger partial charge >= 0.3 is 0 Å². The van der Waals surface area contributed by atoms with Crippen LogP contribution in [0.5, 0.6) is 0 Å². The molecule has 1 fully saturated rings. The zero-order chi connectivity index (χ0) is 16.2. The first kappa shape index (κ1) is 19.1. The van der Waals surface area contributed by atoms with Crippen molar-refractivity contribution in [1.29, 1.82) is 0 Å². The van der Waals surface area contributed by atoms with E-state index in [1.54, 1.807) is 11.8 Å². The van der Waals surface area contributed by atoms with Crippen LogP contribution in [0.1, 0.15) is 6.92 Å². The second kappa shape index (κ2) is 8.77. The van der Waals surface area contributed by atoms with Gasteiger partial charge in [-0.1, -0.05) is 36.4 Å². The highest BCUT2D eigenvalue weighted by atomic mass is 35.5. The Morgan fingerprint density at radius 3 is 2.54 bits per heavy atom. The molecule has 0 aromatic heterocycles. The molecule has 6 heteroatoms. The molecule has 2 aromatic rings. The van der Waals surface area contributed by atoms with Gasteiger partial charge in [0.15, 0.2) is 0 Å². The Bertz CT molecular complexity index is 690. The Labute approximate surface area is 158 Å². The van der Waals surface area contributed by atoms with Gasteiger partial charge in [0.1, 0.15) is 0 Å². The highest BCUT2D eigenvalue weighted by Crippen LogP contribution is 2.30. The summed E-state index contributed by atoms with van der Waals surface area (Å²) in [6, 6.07) is 15.7. The molecule has 3 rings (SSSR count). The van der Waals surface area contributed by atoms with Crippen molar-refractivity contribution in [3.05, 3.63) is 53.6 Å². The van der Waals surface area contributed by atoms with E-state index in [1.165, 1.54) is 0 Å². The third-order valence-corrected chi connectivity index (χ3v) is 5.33. The van der Waals surface area contributed by atoms with Gasteiger partial charge in [-0.05, 0) is 61.5 Å². The second-order valence-electron chi connectivity index (χ2n) is 5.78. The van der Waals surface area contributed by atoms with Crippen LogP contribution in [0.3, 0.4) is 0 Å². The van der Waals surface area contributed by atoms with Gasteiger partial charge in [0.2, 0.25) is 5.91 Å². The van der Waals surface area contributed by atoms with Gasteiger partial charge in [-0.3, -0.25) is 4.79 Å². The van der Waals surface area contributed by atoms with Crippen LogP contribution in [0.2, 0.25) is 5.02 Å². The topological polar surface area (TPSA) is 41.1 Å². The van der Waals surface area contributed by atoms with Crippen molar-refractivity contribution in [3.63, 3.8) is 0 Å². The largest absolute Gasteiger partial charge is 0.326 e. The maximum Gasteiger partial charge on any atom is 0.227 e. The van der Waals surface area contributed by atoms with Gasteiger partial charge in [-0.2, -0.15) is 0 Å². The molecule has 2 aromatic carbocycles. The number of nitrogens with one attached hydrogen (secondary N) is 2. The van der Waals surface area contributed by atoms with Crippen molar-refractivity contribution in [1.82, 2.24) is 5.32 Å². The molecule has 1 saturated heterocycles. The summed E-state index contributed by atoms with van der Waals surface area (Å²) < 4.78 is 0. The summed E-state index contributed by atoms with van der Waals surface area (Å²) in [5.74, 6) is 0.565. The predicted octanol–water partition coefficient (Wildman–Crippen LogP) is 4.71. The summed E-state index contributed by atoms with van der Waals surface area (Å²) in [6.45, 7) is 3.86. The Morgan fingerprint density at radius 1 is 1.21 bits per heavy atom. The number of amides is 1. The number of hydrogen-bond donors (Lipinski definition) is 2. The van der Waals surface area contributed by atoms with Crippen molar-refractivity contribution < 1.29 is 4.79 Å². The first-order valence-electron chi connectivity index (χ1n) is 7.67. The molecule has 1 unspecified atom stereocenters. The monoisotopic (exact) mass is 382 g/mol. The van der Waals surface area contributed by atoms with E-state index >= 15 is 0 Å². The van der Waals surface area contributed by atoms with E-state index in [4.69, 9.17) is 11.6 Å². The van der Waals surface area contributed by atoms with Gasteiger partial charge in [0, 0.05) is 26.4 Å². The number of carbonyl (C=O) groups is 1. The Kier molecular flexibility index (Phi) is 6.99. The SMILES string of the molecule is CC(C(=O)Nc1cccc(Sc2ccc(Cl)cc2)c1)C1CNC1.Cl. The minimum atomic E-state index is 0. The highest BCUT2D eigenvalue weighted by molar-refractivity contribution is 7.99. The van der Waals surface area contributed by atoms with Crippen LogP contribution in [-0.2, 0) is 4.79 Å². The van der Waals surface area contributed by atoms with E-state index in [0.717, 1.165) is 33.6 Å². The lowest BCUT2D eigenvalue weighted by Gasteiger charge is -2.31. The average molecular weight is 383 g/mol. The smallest absolute Gasteiger partial charge is 0.227 e. The van der Waals surface area contributed by atoms with Gasteiger partial charge in [0.05, 0.1) is 0 Å². The quantitative estimate of drug-likeness (QED) is 0.786. The van der Waals surface area contributed by atoms with E-state index in [9.17, 15) is 4.79 Å². The molecule has 0 radical (unpaired) electrons. The molecule has 0 bridgehead atoms. The molecule has 1 amide bonds. The lowest BCUT2D eigenvalue weighted by atomic mass is 9.88. The Hall–Kier alpha value is -1.20. The van der Waals surface area contributed by atoms with Crippen LogP contribution >= 0.6 is 35.8 Å². The van der Waals surface area contributed by atoms with Gasteiger partial charge in [0.25, 0.3) is 0 Å². The number of hydrogen-bond acceptors (Lipinski definition) is 3. The van der Waals surface area contributed by atoms with Crippen LogP contribution in [0.15, 0.2) is 58.3 Å². The average Bonchev–Trinajstić information content (AvgIpc) is 2.48. The number of halogens is 2. The number of benzene rings is 2. The minimum Gasteiger partial charge on any atom is -0.326 e. The molecule has 0 aliphatic carbocycles. The van der Waals surface area contributed by atoms with E-state index in [0.29, 0.717) is 5.92 Å². The molecule has 1 atom stereocenters. The minimum absolute atomic E-state index is 0. The van der Waals surface area contributed by atoms with Gasteiger partial charge in [-0.25, -0.2) is 0 Å². The molecule has 128 valence electrons. The highest BCUT2D eigenvalue weighted by Gasteiger charge is 2.28. The van der Waals surface area contributed by atoms with Crippen LogP contribution < -0.4 is 10.6 Å². The molecule has 1 aliphatic rings. The maximum atomic E-state index is 12.3. The van der Waals surface area contributed by atoms with E-state index in [-0.39, 0.29) is 24.2 Å². The zero-order valence-corrected chi connectivity index (χ0v) is 15.7. The van der Waals surface area contributed by atoms with Crippen molar-refractivity contribution in [3.8, 4) is 0 Å². The Morgan fingerprint density at radius 2 is 1.92 bits per heavy atom. The van der Waals surface area contributed by atoms with Crippen LogP contribution in [0, 0.1) is 11.8 Å². The van der Waals surface area contributed by atoms with Crippen molar-refractivity contribution in [2.45, 2.75) is 16.7 Å². The molecule has 1 aliphatic heterocycles. The number of carbonyl (C=O) groups excluding carboxylic acids is 1. The first-order chi connectivity index (χ1) is 11.1. The Balaban J connectivity index is 0.00000208. The molecule has 3 nitrogen and oxygen atoms in total. The number of rotatable bonds is 5. The summed E-state index contributed by atoms with van der Waals surface area (Å²) >= 11 is 7.56. The standard InChI is InChI=1S/C18H19ClN2OS.ClH/c1-12(13-10-20-11-13)18(22)21-15-3-2-4-17(9-15)23-16-7-5-14(19)6-8-16;/h2-9,12-13,20H,10-11H2,1H3,(H,21,22);1H. The molecule has 24 heavy (non-hydrogen) atoms. The van der Waals surface area contributed by atoms with E-state index < -0.39 is 0 Å². The fraction of sp³-hybridized carbons (Fsp3) is 0.278.